The highest BCUT2D eigenvalue weighted by Gasteiger charge is 2.13. The maximum atomic E-state index is 14.4. The average molecular weight is 329 g/mol. The summed E-state index contributed by atoms with van der Waals surface area (Å²) in [5.74, 6) is -0.983. The van der Waals surface area contributed by atoms with Crippen LogP contribution in [0.3, 0.4) is 0 Å². The number of pyridine rings is 1. The minimum absolute atomic E-state index is 0.120. The second-order valence-electron chi connectivity index (χ2n) is 4.53. The van der Waals surface area contributed by atoms with E-state index >= 15 is 0 Å². The highest BCUT2D eigenvalue weighted by Crippen LogP contribution is 2.30. The van der Waals surface area contributed by atoms with Crippen LogP contribution in [-0.2, 0) is 0 Å². The molecule has 7 heteroatoms. The van der Waals surface area contributed by atoms with E-state index in [0.717, 1.165) is 18.3 Å². The molecule has 0 saturated heterocycles. The average Bonchev–Trinajstić information content (AvgIpc) is 2.62. The van der Waals surface area contributed by atoms with E-state index in [4.69, 9.17) is 4.74 Å². The van der Waals surface area contributed by atoms with Crippen LogP contribution in [0.4, 0.5) is 14.6 Å². The number of carbonyl (C=O) groups is 1. The third kappa shape index (κ3) is 3.95. The maximum Gasteiger partial charge on any atom is 0.167 e. The number of hydrogen-bond acceptors (Lipinski definition) is 5. The van der Waals surface area contributed by atoms with E-state index in [1.807, 2.05) is 0 Å². The number of aldehydes is 1. The molecular formula is C17H13F2N3O2. The molecule has 1 aromatic carbocycles. The van der Waals surface area contributed by atoms with Crippen molar-refractivity contribution in [1.82, 2.24) is 4.98 Å². The number of benzene rings is 1. The zero-order valence-electron chi connectivity index (χ0n) is 12.7. The molecule has 0 spiro atoms. The fourth-order valence-electron chi connectivity index (χ4n) is 1.88. The van der Waals surface area contributed by atoms with Crippen LogP contribution < -0.4 is 4.74 Å². The van der Waals surface area contributed by atoms with Crippen LogP contribution in [0.5, 0.6) is 5.75 Å². The number of carbonyl (C=O) groups excluding carboxylic acids is 1. The Morgan fingerprint density at radius 1 is 1.33 bits per heavy atom. The molecule has 2 rings (SSSR count). The van der Waals surface area contributed by atoms with E-state index in [-0.39, 0.29) is 22.8 Å². The van der Waals surface area contributed by atoms with E-state index in [1.54, 1.807) is 0 Å². The monoisotopic (exact) mass is 329 g/mol. The Bertz CT molecular complexity index is 815. The van der Waals surface area contributed by atoms with Crippen molar-refractivity contribution in [3.8, 4) is 5.75 Å². The molecule has 0 aliphatic rings. The van der Waals surface area contributed by atoms with E-state index in [1.165, 1.54) is 31.5 Å². The fraction of sp³-hybridized carbons (Fsp3) is 0.0588. The number of aliphatic imine (C=N–C) groups is 2. The van der Waals surface area contributed by atoms with Crippen molar-refractivity contribution in [2.45, 2.75) is 0 Å². The maximum absolute atomic E-state index is 14.4. The Morgan fingerprint density at radius 3 is 2.71 bits per heavy atom. The van der Waals surface area contributed by atoms with Crippen LogP contribution in [0.2, 0.25) is 0 Å². The van der Waals surface area contributed by atoms with Gasteiger partial charge in [-0.25, -0.2) is 18.8 Å². The van der Waals surface area contributed by atoms with E-state index in [2.05, 4.69) is 21.7 Å². The Balaban J connectivity index is 2.37. The van der Waals surface area contributed by atoms with Crippen molar-refractivity contribution < 1.29 is 18.3 Å². The summed E-state index contributed by atoms with van der Waals surface area (Å²) in [5, 5.41) is 0. The molecule has 122 valence electrons. The van der Waals surface area contributed by atoms with Gasteiger partial charge in [0.2, 0.25) is 0 Å². The number of methoxy groups -OCH3 is 1. The molecule has 0 N–H and O–H groups in total. The molecule has 0 amide bonds. The zero-order valence-corrected chi connectivity index (χ0v) is 12.7. The van der Waals surface area contributed by atoms with Crippen LogP contribution in [0.25, 0.3) is 5.70 Å². The van der Waals surface area contributed by atoms with Gasteiger partial charge in [0.05, 0.1) is 13.3 Å². The highest BCUT2D eigenvalue weighted by molar-refractivity contribution is 5.91. The van der Waals surface area contributed by atoms with Crippen LogP contribution in [0, 0.1) is 5.82 Å². The predicted molar refractivity (Wildman–Crippen MR) is 88.3 cm³/mol. The molecule has 0 radical (unpaired) electrons. The first-order chi connectivity index (χ1) is 11.6. The molecule has 5 nitrogen and oxygen atoms in total. The lowest BCUT2D eigenvalue weighted by Crippen LogP contribution is -1.94. The minimum Gasteiger partial charge on any atom is -0.496 e. The summed E-state index contributed by atoms with van der Waals surface area (Å²) in [5.41, 5.74) is 0.483. The molecular weight excluding hydrogens is 316 g/mol. The molecule has 0 fully saturated rings. The highest BCUT2D eigenvalue weighted by atomic mass is 19.1. The van der Waals surface area contributed by atoms with Crippen molar-refractivity contribution in [1.29, 1.82) is 0 Å². The Morgan fingerprint density at radius 2 is 2.12 bits per heavy atom. The summed E-state index contributed by atoms with van der Waals surface area (Å²) in [6.07, 6.45) is 2.87. The van der Waals surface area contributed by atoms with Gasteiger partial charge in [0.25, 0.3) is 0 Å². The molecule has 0 bridgehead atoms. The third-order valence-electron chi connectivity index (χ3n) is 3.02. The standard InChI is InChI=1S/C17H13F2N3O2/c1-20-17(13-5-4-12(18)7-15(13)24-2)14(19)9-22-16-6-3-11(10-23)8-21-16/h3-10H,1H2,2H3/b17-14+,22-9?. The zero-order chi connectivity index (χ0) is 17.5. The normalized spacial score (nSPS) is 12.0. The lowest BCUT2D eigenvalue weighted by atomic mass is 10.1. The summed E-state index contributed by atoms with van der Waals surface area (Å²) in [4.78, 5) is 21.9. The lowest BCUT2D eigenvalue weighted by Gasteiger charge is -2.08. The summed E-state index contributed by atoms with van der Waals surface area (Å²) in [6, 6.07) is 6.58. The number of nitrogens with zero attached hydrogens (tertiary/aromatic N) is 3. The second-order valence-corrected chi connectivity index (χ2v) is 4.53. The largest absolute Gasteiger partial charge is 0.496 e. The van der Waals surface area contributed by atoms with Gasteiger partial charge >= 0.3 is 0 Å². The molecule has 0 aliphatic carbocycles. The number of ether oxygens (including phenoxy) is 1. The van der Waals surface area contributed by atoms with Gasteiger partial charge in [-0.05, 0) is 31.0 Å². The molecule has 0 unspecified atom stereocenters. The van der Waals surface area contributed by atoms with Crippen molar-refractivity contribution in [2.24, 2.45) is 9.98 Å². The van der Waals surface area contributed by atoms with Gasteiger partial charge in [-0.3, -0.25) is 9.79 Å². The first-order valence-corrected chi connectivity index (χ1v) is 6.74. The van der Waals surface area contributed by atoms with Crippen LogP contribution in [0.1, 0.15) is 15.9 Å². The SMILES string of the molecule is C=N/C(=C(/F)C=Nc1ccc(C=O)cn1)c1ccc(F)cc1OC. The number of allylic oxidation sites excluding steroid dienone is 1. The number of rotatable bonds is 6. The van der Waals surface area contributed by atoms with Crippen molar-refractivity contribution in [3.63, 3.8) is 0 Å². The first kappa shape index (κ1) is 17.1. The molecule has 0 atom stereocenters. The fourth-order valence-corrected chi connectivity index (χ4v) is 1.88. The van der Waals surface area contributed by atoms with Gasteiger partial charge in [-0.1, -0.05) is 0 Å². The lowest BCUT2D eigenvalue weighted by molar-refractivity contribution is 0.112. The topological polar surface area (TPSA) is 63.9 Å². The third-order valence-corrected chi connectivity index (χ3v) is 3.02. The molecule has 1 heterocycles. The summed E-state index contributed by atoms with van der Waals surface area (Å²) in [7, 11) is 1.34. The Kier molecular flexibility index (Phi) is 5.62. The molecule has 1 aromatic heterocycles. The summed E-state index contributed by atoms with van der Waals surface area (Å²) in [6.45, 7) is 3.32. The number of hydrogen-bond donors (Lipinski definition) is 0. The number of halogens is 2. The predicted octanol–water partition coefficient (Wildman–Crippen LogP) is 3.78. The molecule has 0 aliphatic heterocycles. The van der Waals surface area contributed by atoms with E-state index in [9.17, 15) is 13.6 Å². The van der Waals surface area contributed by atoms with Gasteiger partial charge in [-0.2, -0.15) is 0 Å². The molecule has 0 saturated carbocycles. The Hall–Kier alpha value is -3.22. The van der Waals surface area contributed by atoms with E-state index < -0.39 is 11.6 Å². The van der Waals surface area contributed by atoms with E-state index in [0.29, 0.717) is 11.8 Å². The molecule has 24 heavy (non-hydrogen) atoms. The molecule has 2 aromatic rings. The minimum atomic E-state index is -0.795. The summed E-state index contributed by atoms with van der Waals surface area (Å²) >= 11 is 0. The van der Waals surface area contributed by atoms with Crippen LogP contribution in [0.15, 0.2) is 52.3 Å². The van der Waals surface area contributed by atoms with Gasteiger partial charge < -0.3 is 4.74 Å². The van der Waals surface area contributed by atoms with Gasteiger partial charge in [-0.15, -0.1) is 0 Å². The van der Waals surface area contributed by atoms with Crippen LogP contribution in [-0.4, -0.2) is 31.3 Å². The summed E-state index contributed by atoms with van der Waals surface area (Å²) < 4.78 is 32.6. The quantitative estimate of drug-likeness (QED) is 0.598. The van der Waals surface area contributed by atoms with Gasteiger partial charge in [0.15, 0.2) is 17.9 Å². The van der Waals surface area contributed by atoms with Crippen LogP contribution >= 0.6 is 0 Å². The van der Waals surface area contributed by atoms with Crippen molar-refractivity contribution in [3.05, 3.63) is 59.3 Å². The van der Waals surface area contributed by atoms with Crippen molar-refractivity contribution in [2.75, 3.05) is 7.11 Å². The first-order valence-electron chi connectivity index (χ1n) is 6.74. The number of aromatic nitrogens is 1. The van der Waals surface area contributed by atoms with Gasteiger partial charge in [0.1, 0.15) is 17.3 Å². The second kappa shape index (κ2) is 7.87. The smallest absolute Gasteiger partial charge is 0.167 e. The van der Waals surface area contributed by atoms with Gasteiger partial charge in [0, 0.05) is 23.4 Å². The van der Waals surface area contributed by atoms with Crippen molar-refractivity contribution >= 4 is 30.7 Å². The Labute approximate surface area is 137 Å².